The first kappa shape index (κ1) is 15.0. The van der Waals surface area contributed by atoms with Crippen LogP contribution in [-0.4, -0.2) is 17.0 Å². The molecule has 1 aromatic rings. The fraction of sp³-hybridized carbons (Fsp3) is 0.438. The highest BCUT2D eigenvalue weighted by molar-refractivity contribution is 5.97. The van der Waals surface area contributed by atoms with Gasteiger partial charge in [-0.15, -0.1) is 0 Å². The van der Waals surface area contributed by atoms with Crippen molar-refractivity contribution in [3.8, 4) is 6.07 Å². The highest BCUT2D eigenvalue weighted by Crippen LogP contribution is 2.35. The van der Waals surface area contributed by atoms with E-state index >= 15 is 0 Å². The molecule has 2 rings (SSSR count). The molecule has 110 valence electrons. The largest absolute Gasteiger partial charge is 0.478 e. The molecule has 5 nitrogen and oxygen atoms in total. The van der Waals surface area contributed by atoms with Gasteiger partial charge in [0.2, 0.25) is 5.91 Å². The molecular formula is C16H18N2O3. The van der Waals surface area contributed by atoms with Crippen LogP contribution in [-0.2, 0) is 4.79 Å². The lowest BCUT2D eigenvalue weighted by Gasteiger charge is -2.23. The zero-order valence-electron chi connectivity index (χ0n) is 11.8. The molecule has 0 atom stereocenters. The summed E-state index contributed by atoms with van der Waals surface area (Å²) >= 11 is 0. The third-order valence-electron chi connectivity index (χ3n) is 4.00. The molecule has 0 heterocycles. The minimum atomic E-state index is -1.01. The van der Waals surface area contributed by atoms with Gasteiger partial charge in [0.1, 0.15) is 5.41 Å². The summed E-state index contributed by atoms with van der Waals surface area (Å²) in [5, 5.41) is 21.0. The molecule has 0 spiro atoms. The van der Waals surface area contributed by atoms with Crippen LogP contribution in [0.2, 0.25) is 0 Å². The molecule has 5 heteroatoms. The lowest BCUT2D eigenvalue weighted by atomic mass is 9.81. The number of aromatic carboxylic acids is 1. The van der Waals surface area contributed by atoms with Crippen LogP contribution in [0.4, 0.5) is 5.69 Å². The molecule has 1 saturated carbocycles. The summed E-state index contributed by atoms with van der Waals surface area (Å²) in [6, 6.07) is 8.16. The Bertz CT molecular complexity index is 564. The minimum Gasteiger partial charge on any atom is -0.478 e. The van der Waals surface area contributed by atoms with Crippen LogP contribution in [0.3, 0.4) is 0 Å². The van der Waals surface area contributed by atoms with Gasteiger partial charge < -0.3 is 10.4 Å². The Hall–Kier alpha value is -2.35. The highest BCUT2D eigenvalue weighted by Gasteiger charge is 2.38. The maximum atomic E-state index is 12.4. The molecule has 0 bridgehead atoms. The maximum absolute atomic E-state index is 12.4. The predicted molar refractivity (Wildman–Crippen MR) is 77.8 cm³/mol. The van der Waals surface area contributed by atoms with Crippen LogP contribution in [0.25, 0.3) is 0 Å². The number of amides is 1. The Balaban J connectivity index is 2.12. The first-order valence-electron chi connectivity index (χ1n) is 7.13. The second-order valence-corrected chi connectivity index (χ2v) is 5.44. The van der Waals surface area contributed by atoms with Crippen molar-refractivity contribution in [1.82, 2.24) is 0 Å². The highest BCUT2D eigenvalue weighted by atomic mass is 16.4. The van der Waals surface area contributed by atoms with Crippen molar-refractivity contribution in [2.75, 3.05) is 5.32 Å². The molecule has 0 unspecified atom stereocenters. The topological polar surface area (TPSA) is 90.2 Å². The summed E-state index contributed by atoms with van der Waals surface area (Å²) in [7, 11) is 0. The lowest BCUT2D eigenvalue weighted by Crippen LogP contribution is -2.34. The SMILES string of the molecule is N#CC1(C(=O)Nc2ccc(C(=O)O)cc2)CCCCCC1. The van der Waals surface area contributed by atoms with E-state index in [1.807, 2.05) is 0 Å². The number of carboxylic acids is 1. The molecular weight excluding hydrogens is 268 g/mol. The third-order valence-corrected chi connectivity index (χ3v) is 4.00. The molecule has 1 aliphatic carbocycles. The van der Waals surface area contributed by atoms with Crippen LogP contribution in [0.1, 0.15) is 48.9 Å². The van der Waals surface area contributed by atoms with E-state index in [1.54, 1.807) is 12.1 Å². The van der Waals surface area contributed by atoms with Crippen molar-refractivity contribution in [3.05, 3.63) is 29.8 Å². The van der Waals surface area contributed by atoms with Gasteiger partial charge in [0.15, 0.2) is 0 Å². The number of anilines is 1. The Labute approximate surface area is 123 Å². The second kappa shape index (κ2) is 6.40. The molecule has 0 aliphatic heterocycles. The van der Waals surface area contributed by atoms with Gasteiger partial charge in [-0.05, 0) is 37.1 Å². The number of hydrogen-bond donors (Lipinski definition) is 2. The number of nitriles is 1. The van der Waals surface area contributed by atoms with Gasteiger partial charge in [-0.1, -0.05) is 25.7 Å². The van der Waals surface area contributed by atoms with Crippen LogP contribution in [0, 0.1) is 16.7 Å². The quantitative estimate of drug-likeness (QED) is 0.835. The van der Waals surface area contributed by atoms with Crippen LogP contribution in [0.5, 0.6) is 0 Å². The minimum absolute atomic E-state index is 0.164. The van der Waals surface area contributed by atoms with Crippen molar-refractivity contribution in [3.63, 3.8) is 0 Å². The van der Waals surface area contributed by atoms with Crippen molar-refractivity contribution in [1.29, 1.82) is 5.26 Å². The Morgan fingerprint density at radius 3 is 2.14 bits per heavy atom. The maximum Gasteiger partial charge on any atom is 0.335 e. The fourth-order valence-corrected chi connectivity index (χ4v) is 2.67. The lowest BCUT2D eigenvalue weighted by molar-refractivity contribution is -0.123. The Kier molecular flexibility index (Phi) is 4.59. The van der Waals surface area contributed by atoms with E-state index in [4.69, 9.17) is 5.11 Å². The zero-order valence-corrected chi connectivity index (χ0v) is 11.8. The van der Waals surface area contributed by atoms with Gasteiger partial charge in [0.25, 0.3) is 0 Å². The number of nitrogens with one attached hydrogen (secondary N) is 1. The Morgan fingerprint density at radius 2 is 1.67 bits per heavy atom. The summed E-state index contributed by atoms with van der Waals surface area (Å²) in [4.78, 5) is 23.2. The molecule has 0 radical (unpaired) electrons. The molecule has 1 fully saturated rings. The molecule has 1 aromatic carbocycles. The van der Waals surface area contributed by atoms with Gasteiger partial charge in [0.05, 0.1) is 11.6 Å². The first-order valence-corrected chi connectivity index (χ1v) is 7.13. The molecule has 21 heavy (non-hydrogen) atoms. The van der Waals surface area contributed by atoms with Gasteiger partial charge >= 0.3 is 5.97 Å². The monoisotopic (exact) mass is 286 g/mol. The Morgan fingerprint density at radius 1 is 1.10 bits per heavy atom. The van der Waals surface area contributed by atoms with Crippen LogP contribution in [0.15, 0.2) is 24.3 Å². The van der Waals surface area contributed by atoms with E-state index in [2.05, 4.69) is 11.4 Å². The summed E-state index contributed by atoms with van der Waals surface area (Å²) in [5.41, 5.74) is -0.275. The summed E-state index contributed by atoms with van der Waals surface area (Å²) in [5.74, 6) is -1.29. The summed E-state index contributed by atoms with van der Waals surface area (Å²) < 4.78 is 0. The number of rotatable bonds is 3. The van der Waals surface area contributed by atoms with Crippen molar-refractivity contribution >= 4 is 17.6 Å². The van der Waals surface area contributed by atoms with E-state index < -0.39 is 11.4 Å². The van der Waals surface area contributed by atoms with Crippen molar-refractivity contribution < 1.29 is 14.7 Å². The smallest absolute Gasteiger partial charge is 0.335 e. The van der Waals surface area contributed by atoms with Gasteiger partial charge in [-0.2, -0.15) is 5.26 Å². The van der Waals surface area contributed by atoms with Crippen molar-refractivity contribution in [2.45, 2.75) is 38.5 Å². The summed E-state index contributed by atoms with van der Waals surface area (Å²) in [6.45, 7) is 0. The molecule has 0 aromatic heterocycles. The normalized spacial score (nSPS) is 17.3. The number of carbonyl (C=O) groups is 2. The van der Waals surface area contributed by atoms with Crippen molar-refractivity contribution in [2.24, 2.45) is 5.41 Å². The van der Waals surface area contributed by atoms with Gasteiger partial charge in [-0.3, -0.25) is 4.79 Å². The number of hydrogen-bond acceptors (Lipinski definition) is 3. The van der Waals surface area contributed by atoms with E-state index in [0.29, 0.717) is 18.5 Å². The zero-order chi connectivity index (χ0) is 15.3. The average Bonchev–Trinajstić information content (AvgIpc) is 2.74. The second-order valence-electron chi connectivity index (χ2n) is 5.44. The van der Waals surface area contributed by atoms with Gasteiger partial charge in [-0.25, -0.2) is 4.79 Å². The molecule has 1 amide bonds. The molecule has 2 N–H and O–H groups in total. The van der Waals surface area contributed by atoms with Crippen LogP contribution >= 0.6 is 0 Å². The van der Waals surface area contributed by atoms with E-state index in [9.17, 15) is 14.9 Å². The van der Waals surface area contributed by atoms with Gasteiger partial charge in [0, 0.05) is 5.69 Å². The molecule has 0 saturated heterocycles. The number of nitrogens with zero attached hydrogens (tertiary/aromatic N) is 1. The predicted octanol–water partition coefficient (Wildman–Crippen LogP) is 3.19. The number of carboxylic acid groups (broad SMARTS) is 1. The van der Waals surface area contributed by atoms with E-state index in [0.717, 1.165) is 25.7 Å². The summed E-state index contributed by atoms with van der Waals surface area (Å²) in [6.07, 6.45) is 5.07. The average molecular weight is 286 g/mol. The first-order chi connectivity index (χ1) is 10.1. The standard InChI is InChI=1S/C16H18N2O3/c17-11-16(9-3-1-2-4-10-16)15(21)18-13-7-5-12(6-8-13)14(19)20/h5-8H,1-4,9-10H2,(H,18,21)(H,19,20). The van der Waals surface area contributed by atoms with E-state index in [1.165, 1.54) is 12.1 Å². The number of carbonyl (C=O) groups excluding carboxylic acids is 1. The third kappa shape index (κ3) is 3.40. The molecule has 1 aliphatic rings. The van der Waals surface area contributed by atoms with Crippen LogP contribution < -0.4 is 5.32 Å². The number of benzene rings is 1. The fourth-order valence-electron chi connectivity index (χ4n) is 2.67. The van der Waals surface area contributed by atoms with E-state index in [-0.39, 0.29) is 11.5 Å².